The standard InChI is InChI=1S/C15H19N3O2/c1-10-6-7-11(5-4-8-16)12(9-10)13(19)18-15(2,3)14(17)20/h6-7,9H,8,16H2,1-3H3,(H2,17,20)(H,18,19). The lowest BCUT2D eigenvalue weighted by molar-refractivity contribution is -0.122. The fourth-order valence-electron chi connectivity index (χ4n) is 1.51. The van der Waals surface area contributed by atoms with Crippen molar-refractivity contribution < 1.29 is 9.59 Å². The van der Waals surface area contributed by atoms with E-state index in [1.54, 1.807) is 26.0 Å². The molecule has 0 fully saturated rings. The van der Waals surface area contributed by atoms with Crippen LogP contribution < -0.4 is 16.8 Å². The van der Waals surface area contributed by atoms with Gasteiger partial charge in [0.1, 0.15) is 5.54 Å². The highest BCUT2D eigenvalue weighted by molar-refractivity contribution is 6.00. The summed E-state index contributed by atoms with van der Waals surface area (Å²) in [5.74, 6) is 4.56. The van der Waals surface area contributed by atoms with Gasteiger partial charge >= 0.3 is 0 Å². The van der Waals surface area contributed by atoms with Crippen molar-refractivity contribution in [3.8, 4) is 11.8 Å². The Kier molecular flexibility index (Phi) is 4.89. The van der Waals surface area contributed by atoms with Gasteiger partial charge in [-0.1, -0.05) is 23.5 Å². The summed E-state index contributed by atoms with van der Waals surface area (Å²) in [6, 6.07) is 5.33. The fraction of sp³-hybridized carbons (Fsp3) is 0.333. The zero-order chi connectivity index (χ0) is 15.3. The van der Waals surface area contributed by atoms with Crippen LogP contribution >= 0.6 is 0 Å². The first-order valence-electron chi connectivity index (χ1n) is 6.20. The number of hydrogen-bond acceptors (Lipinski definition) is 3. The fourth-order valence-corrected chi connectivity index (χ4v) is 1.51. The summed E-state index contributed by atoms with van der Waals surface area (Å²) in [4.78, 5) is 23.6. The minimum atomic E-state index is -1.13. The van der Waals surface area contributed by atoms with Crippen LogP contribution in [0.2, 0.25) is 0 Å². The van der Waals surface area contributed by atoms with Gasteiger partial charge in [-0.3, -0.25) is 9.59 Å². The van der Waals surface area contributed by atoms with Gasteiger partial charge in [-0.2, -0.15) is 0 Å². The third-order valence-electron chi connectivity index (χ3n) is 2.79. The maximum Gasteiger partial charge on any atom is 0.253 e. The second-order valence-corrected chi connectivity index (χ2v) is 5.00. The SMILES string of the molecule is Cc1ccc(C#CCN)c(C(=O)NC(C)(C)C(N)=O)c1. The Hall–Kier alpha value is -2.32. The monoisotopic (exact) mass is 273 g/mol. The Morgan fingerprint density at radius 3 is 2.55 bits per heavy atom. The first-order valence-corrected chi connectivity index (χ1v) is 6.20. The molecule has 1 aromatic carbocycles. The van der Waals surface area contributed by atoms with E-state index in [1.807, 2.05) is 13.0 Å². The minimum Gasteiger partial charge on any atom is -0.368 e. The average molecular weight is 273 g/mol. The van der Waals surface area contributed by atoms with Crippen molar-refractivity contribution in [1.82, 2.24) is 5.32 Å². The lowest BCUT2D eigenvalue weighted by Gasteiger charge is -2.22. The third kappa shape index (κ3) is 3.84. The first-order chi connectivity index (χ1) is 9.27. The van der Waals surface area contributed by atoms with Crippen LogP contribution in [0.15, 0.2) is 18.2 Å². The Morgan fingerprint density at radius 2 is 2.00 bits per heavy atom. The van der Waals surface area contributed by atoms with Crippen molar-refractivity contribution in [2.45, 2.75) is 26.3 Å². The summed E-state index contributed by atoms with van der Waals surface area (Å²) in [5, 5.41) is 2.60. The summed E-state index contributed by atoms with van der Waals surface area (Å²) in [7, 11) is 0. The Balaban J connectivity index is 3.15. The van der Waals surface area contributed by atoms with E-state index in [1.165, 1.54) is 0 Å². The summed E-state index contributed by atoms with van der Waals surface area (Å²) < 4.78 is 0. The molecule has 1 aromatic rings. The van der Waals surface area contributed by atoms with Gasteiger partial charge in [0.25, 0.3) is 5.91 Å². The van der Waals surface area contributed by atoms with Gasteiger partial charge in [-0.05, 0) is 32.9 Å². The van der Waals surface area contributed by atoms with E-state index in [0.29, 0.717) is 11.1 Å². The lowest BCUT2D eigenvalue weighted by Crippen LogP contribution is -2.53. The predicted octanol–water partition coefficient (Wildman–Crippen LogP) is 0.299. The van der Waals surface area contributed by atoms with E-state index in [2.05, 4.69) is 17.2 Å². The number of carbonyl (C=O) groups excluding carboxylic acids is 2. The molecule has 0 aliphatic rings. The van der Waals surface area contributed by atoms with E-state index < -0.39 is 11.4 Å². The van der Waals surface area contributed by atoms with Crippen molar-refractivity contribution in [2.24, 2.45) is 11.5 Å². The zero-order valence-corrected chi connectivity index (χ0v) is 11.9. The molecule has 2 amide bonds. The Bertz CT molecular complexity index is 595. The number of nitrogens with one attached hydrogen (secondary N) is 1. The van der Waals surface area contributed by atoms with Crippen molar-refractivity contribution in [3.63, 3.8) is 0 Å². The van der Waals surface area contributed by atoms with E-state index in [-0.39, 0.29) is 12.5 Å². The highest BCUT2D eigenvalue weighted by Crippen LogP contribution is 2.13. The molecule has 0 atom stereocenters. The number of nitrogens with two attached hydrogens (primary N) is 2. The van der Waals surface area contributed by atoms with Gasteiger partial charge in [-0.15, -0.1) is 0 Å². The predicted molar refractivity (Wildman–Crippen MR) is 77.9 cm³/mol. The first kappa shape index (κ1) is 15.7. The van der Waals surface area contributed by atoms with Crippen LogP contribution in [0.1, 0.15) is 35.3 Å². The van der Waals surface area contributed by atoms with Gasteiger partial charge in [0.05, 0.1) is 12.1 Å². The van der Waals surface area contributed by atoms with E-state index in [9.17, 15) is 9.59 Å². The largest absolute Gasteiger partial charge is 0.368 e. The molecule has 0 aliphatic carbocycles. The molecule has 0 unspecified atom stereocenters. The maximum absolute atomic E-state index is 12.3. The molecule has 0 aliphatic heterocycles. The highest BCUT2D eigenvalue weighted by Gasteiger charge is 2.28. The van der Waals surface area contributed by atoms with Crippen LogP contribution in [-0.4, -0.2) is 23.9 Å². The number of rotatable bonds is 3. The molecule has 1 rings (SSSR count). The van der Waals surface area contributed by atoms with E-state index in [0.717, 1.165) is 5.56 Å². The molecular weight excluding hydrogens is 254 g/mol. The van der Waals surface area contributed by atoms with Crippen LogP contribution in [0.3, 0.4) is 0 Å². The molecule has 5 nitrogen and oxygen atoms in total. The minimum absolute atomic E-state index is 0.210. The van der Waals surface area contributed by atoms with Gasteiger partial charge in [0.15, 0.2) is 0 Å². The van der Waals surface area contributed by atoms with Crippen molar-refractivity contribution in [3.05, 3.63) is 34.9 Å². The third-order valence-corrected chi connectivity index (χ3v) is 2.79. The van der Waals surface area contributed by atoms with Gasteiger partial charge in [-0.25, -0.2) is 0 Å². The average Bonchev–Trinajstić information content (AvgIpc) is 2.36. The van der Waals surface area contributed by atoms with E-state index >= 15 is 0 Å². The molecule has 0 saturated carbocycles. The summed E-state index contributed by atoms with van der Waals surface area (Å²) >= 11 is 0. The molecular formula is C15H19N3O2. The molecule has 20 heavy (non-hydrogen) atoms. The van der Waals surface area contributed by atoms with Gasteiger partial charge < -0.3 is 16.8 Å². The Labute approximate surface area is 118 Å². The number of benzene rings is 1. The molecule has 5 heteroatoms. The number of primary amides is 1. The quantitative estimate of drug-likeness (QED) is 0.691. The van der Waals surface area contributed by atoms with Crippen molar-refractivity contribution in [1.29, 1.82) is 0 Å². The topological polar surface area (TPSA) is 98.2 Å². The molecule has 5 N–H and O–H groups in total. The highest BCUT2D eigenvalue weighted by atomic mass is 16.2. The molecule has 106 valence electrons. The normalized spacial score (nSPS) is 10.4. The van der Waals surface area contributed by atoms with Crippen LogP contribution in [0.5, 0.6) is 0 Å². The second-order valence-electron chi connectivity index (χ2n) is 5.00. The molecule has 0 aromatic heterocycles. The zero-order valence-electron chi connectivity index (χ0n) is 11.9. The molecule has 0 bridgehead atoms. The number of amides is 2. The van der Waals surface area contributed by atoms with Crippen molar-refractivity contribution >= 4 is 11.8 Å². The number of carbonyl (C=O) groups is 2. The molecule has 0 radical (unpaired) electrons. The number of aryl methyl sites for hydroxylation is 1. The van der Waals surface area contributed by atoms with E-state index in [4.69, 9.17) is 11.5 Å². The second kappa shape index (κ2) is 6.22. The molecule has 0 heterocycles. The smallest absolute Gasteiger partial charge is 0.253 e. The molecule has 0 spiro atoms. The van der Waals surface area contributed by atoms with Crippen LogP contribution in [0.25, 0.3) is 0 Å². The molecule has 0 saturated heterocycles. The summed E-state index contributed by atoms with van der Waals surface area (Å²) in [6.07, 6.45) is 0. The van der Waals surface area contributed by atoms with Crippen molar-refractivity contribution in [2.75, 3.05) is 6.54 Å². The van der Waals surface area contributed by atoms with Gasteiger partial charge in [0.2, 0.25) is 5.91 Å². The summed E-state index contributed by atoms with van der Waals surface area (Å²) in [6.45, 7) is 5.18. The maximum atomic E-state index is 12.3. The number of hydrogen-bond donors (Lipinski definition) is 3. The van der Waals surface area contributed by atoms with Crippen LogP contribution in [0.4, 0.5) is 0 Å². The summed E-state index contributed by atoms with van der Waals surface area (Å²) in [5.41, 5.74) is 11.4. The lowest BCUT2D eigenvalue weighted by atomic mass is 10.0. The van der Waals surface area contributed by atoms with Crippen LogP contribution in [-0.2, 0) is 4.79 Å². The van der Waals surface area contributed by atoms with Crippen LogP contribution in [0, 0.1) is 18.8 Å². The Morgan fingerprint density at radius 1 is 1.35 bits per heavy atom. The van der Waals surface area contributed by atoms with Gasteiger partial charge in [0, 0.05) is 5.56 Å².